The van der Waals surface area contributed by atoms with Crippen LogP contribution in [0.25, 0.3) is 0 Å². The Hall–Kier alpha value is -0.140. The minimum absolute atomic E-state index is 0. The monoisotopic (exact) mass is 437 g/mol. The van der Waals surface area contributed by atoms with Gasteiger partial charge in [-0.25, -0.2) is 0 Å². The fourth-order valence-electron chi connectivity index (χ4n) is 2.63. The van der Waals surface area contributed by atoms with Gasteiger partial charge in [-0.1, -0.05) is 23.7 Å². The Morgan fingerprint density at radius 1 is 1.33 bits per heavy atom. The first kappa shape index (κ1) is 17.2. The summed E-state index contributed by atoms with van der Waals surface area (Å²) in [5.41, 5.74) is 7.61. The summed E-state index contributed by atoms with van der Waals surface area (Å²) in [4.78, 5) is 6.86. The summed E-state index contributed by atoms with van der Waals surface area (Å²) in [6, 6.07) is 8.16. The Morgan fingerprint density at radius 2 is 2.05 bits per heavy atom. The fraction of sp³-hybridized carbons (Fsp3) is 0.533. The van der Waals surface area contributed by atoms with E-state index in [0.717, 1.165) is 36.2 Å². The lowest BCUT2D eigenvalue weighted by Crippen LogP contribution is -2.43. The van der Waals surface area contributed by atoms with E-state index < -0.39 is 0 Å². The first-order valence-corrected chi connectivity index (χ1v) is 8.62. The van der Waals surface area contributed by atoms with Crippen LogP contribution >= 0.6 is 47.3 Å². The van der Waals surface area contributed by atoms with Crippen molar-refractivity contribution in [2.75, 3.05) is 31.1 Å². The smallest absolute Gasteiger partial charge is 0.191 e. The number of rotatable bonds is 3. The number of guanidine groups is 1. The molecule has 21 heavy (non-hydrogen) atoms. The van der Waals surface area contributed by atoms with E-state index in [1.165, 1.54) is 18.4 Å². The van der Waals surface area contributed by atoms with Gasteiger partial charge in [0.05, 0.1) is 6.54 Å². The van der Waals surface area contributed by atoms with Crippen molar-refractivity contribution < 1.29 is 0 Å². The van der Waals surface area contributed by atoms with E-state index in [0.29, 0.717) is 5.96 Å². The zero-order valence-corrected chi connectivity index (χ0v) is 15.8. The minimum Gasteiger partial charge on any atom is -0.370 e. The molecule has 0 aromatic heterocycles. The van der Waals surface area contributed by atoms with Crippen molar-refractivity contribution in [3.8, 4) is 0 Å². The number of benzene rings is 1. The predicted octanol–water partition coefficient (Wildman–Crippen LogP) is 3.35. The molecule has 0 amide bonds. The Balaban J connectivity index is 0.00000161. The molecule has 1 heterocycles. The van der Waals surface area contributed by atoms with Crippen molar-refractivity contribution in [3.05, 3.63) is 34.9 Å². The van der Waals surface area contributed by atoms with Crippen LogP contribution in [0.4, 0.5) is 0 Å². The van der Waals surface area contributed by atoms with Crippen LogP contribution in [0.5, 0.6) is 0 Å². The molecule has 0 radical (unpaired) electrons. The maximum absolute atomic E-state index is 6.13. The molecule has 1 aliphatic heterocycles. The molecule has 6 heteroatoms. The molecule has 1 saturated carbocycles. The van der Waals surface area contributed by atoms with Gasteiger partial charge in [-0.15, -0.1) is 24.0 Å². The molecule has 2 N–H and O–H groups in total. The van der Waals surface area contributed by atoms with Crippen LogP contribution in [0, 0.1) is 0 Å². The fourth-order valence-corrected chi connectivity index (χ4v) is 3.73. The van der Waals surface area contributed by atoms with Gasteiger partial charge in [-0.05, 0) is 30.5 Å². The van der Waals surface area contributed by atoms with Gasteiger partial charge in [-0.3, -0.25) is 4.99 Å². The van der Waals surface area contributed by atoms with E-state index >= 15 is 0 Å². The first-order chi connectivity index (χ1) is 9.70. The number of thioether (sulfide) groups is 1. The molecular weight excluding hydrogens is 417 g/mol. The predicted molar refractivity (Wildman–Crippen MR) is 103 cm³/mol. The summed E-state index contributed by atoms with van der Waals surface area (Å²) >= 11 is 8.08. The van der Waals surface area contributed by atoms with Crippen LogP contribution in [0.15, 0.2) is 29.3 Å². The quantitative estimate of drug-likeness (QED) is 0.448. The van der Waals surface area contributed by atoms with Crippen LogP contribution in [0.3, 0.4) is 0 Å². The zero-order chi connectivity index (χ0) is 14.0. The SMILES string of the molecule is I.NC(=NCC1(c2cccc(Cl)c2)CC1)N1CCSCC1. The second kappa shape index (κ2) is 7.42. The average Bonchev–Trinajstić information content (AvgIpc) is 3.27. The van der Waals surface area contributed by atoms with Crippen molar-refractivity contribution in [1.29, 1.82) is 0 Å². The lowest BCUT2D eigenvalue weighted by Gasteiger charge is -2.27. The molecule has 1 saturated heterocycles. The maximum Gasteiger partial charge on any atom is 0.191 e. The molecule has 1 aliphatic carbocycles. The number of hydrogen-bond acceptors (Lipinski definition) is 2. The highest BCUT2D eigenvalue weighted by atomic mass is 127. The highest BCUT2D eigenvalue weighted by Gasteiger charge is 2.44. The molecule has 0 unspecified atom stereocenters. The second-order valence-corrected chi connectivity index (χ2v) is 7.23. The number of nitrogens with zero attached hydrogens (tertiary/aromatic N) is 2. The summed E-state index contributed by atoms with van der Waals surface area (Å²) in [6.45, 7) is 2.82. The van der Waals surface area contributed by atoms with Gasteiger partial charge >= 0.3 is 0 Å². The number of aliphatic imine (C=N–C) groups is 1. The summed E-state index contributed by atoms with van der Waals surface area (Å²) in [6.07, 6.45) is 2.36. The van der Waals surface area contributed by atoms with Crippen LogP contribution in [0.1, 0.15) is 18.4 Å². The molecule has 0 spiro atoms. The summed E-state index contributed by atoms with van der Waals surface area (Å²) in [5, 5.41) is 0.804. The van der Waals surface area contributed by atoms with E-state index in [-0.39, 0.29) is 29.4 Å². The van der Waals surface area contributed by atoms with Crippen LogP contribution < -0.4 is 5.73 Å². The number of hydrogen-bond donors (Lipinski definition) is 1. The van der Waals surface area contributed by atoms with E-state index in [4.69, 9.17) is 17.3 Å². The lowest BCUT2D eigenvalue weighted by atomic mass is 9.96. The lowest BCUT2D eigenvalue weighted by molar-refractivity contribution is 0.454. The van der Waals surface area contributed by atoms with Crippen molar-refractivity contribution in [1.82, 2.24) is 4.90 Å². The van der Waals surface area contributed by atoms with Crippen molar-refractivity contribution >= 4 is 53.3 Å². The summed E-state index contributed by atoms with van der Waals surface area (Å²) < 4.78 is 0. The first-order valence-electron chi connectivity index (χ1n) is 7.08. The highest BCUT2D eigenvalue weighted by Crippen LogP contribution is 2.48. The second-order valence-electron chi connectivity index (χ2n) is 5.56. The van der Waals surface area contributed by atoms with Gasteiger partial charge in [0.2, 0.25) is 0 Å². The summed E-state index contributed by atoms with van der Waals surface area (Å²) in [7, 11) is 0. The third-order valence-electron chi connectivity index (χ3n) is 4.17. The molecule has 0 bridgehead atoms. The molecule has 1 aromatic carbocycles. The molecule has 2 aliphatic rings. The third kappa shape index (κ3) is 4.20. The van der Waals surface area contributed by atoms with Crippen LogP contribution in [0.2, 0.25) is 5.02 Å². The zero-order valence-electron chi connectivity index (χ0n) is 11.9. The van der Waals surface area contributed by atoms with Gasteiger partial charge in [-0.2, -0.15) is 11.8 Å². The Bertz CT molecular complexity index is 513. The summed E-state index contributed by atoms with van der Waals surface area (Å²) in [5.74, 6) is 3.00. The molecule has 2 fully saturated rings. The third-order valence-corrected chi connectivity index (χ3v) is 5.35. The number of halogens is 2. The molecular formula is C15H21ClIN3S. The van der Waals surface area contributed by atoms with E-state index in [1.54, 1.807) is 0 Å². The van der Waals surface area contributed by atoms with E-state index in [9.17, 15) is 0 Å². The van der Waals surface area contributed by atoms with E-state index in [1.807, 2.05) is 23.9 Å². The maximum atomic E-state index is 6.13. The van der Waals surface area contributed by atoms with Crippen LogP contribution in [-0.2, 0) is 5.41 Å². The molecule has 116 valence electrons. The van der Waals surface area contributed by atoms with E-state index in [2.05, 4.69) is 22.0 Å². The van der Waals surface area contributed by atoms with Gasteiger partial charge in [0.25, 0.3) is 0 Å². The highest BCUT2D eigenvalue weighted by molar-refractivity contribution is 14.0. The minimum atomic E-state index is 0. The van der Waals surface area contributed by atoms with Gasteiger partial charge < -0.3 is 10.6 Å². The van der Waals surface area contributed by atoms with Gasteiger partial charge in [0.15, 0.2) is 5.96 Å². The van der Waals surface area contributed by atoms with Crippen molar-refractivity contribution in [3.63, 3.8) is 0 Å². The van der Waals surface area contributed by atoms with Gasteiger partial charge in [0, 0.05) is 35.0 Å². The molecule has 1 aromatic rings. The topological polar surface area (TPSA) is 41.6 Å². The molecule has 3 rings (SSSR count). The van der Waals surface area contributed by atoms with Crippen molar-refractivity contribution in [2.45, 2.75) is 18.3 Å². The standard InChI is InChI=1S/C15H20ClN3S.HI/c16-13-3-1-2-12(10-13)15(4-5-15)11-18-14(17)19-6-8-20-9-7-19;/h1-3,10H,4-9,11H2,(H2,17,18);1H. The van der Waals surface area contributed by atoms with Crippen LogP contribution in [-0.4, -0.2) is 42.0 Å². The molecule has 3 nitrogen and oxygen atoms in total. The Kier molecular flexibility index (Phi) is 6.08. The molecule has 0 atom stereocenters. The normalized spacial score (nSPS) is 20.8. The largest absolute Gasteiger partial charge is 0.370 e. The number of nitrogens with two attached hydrogens (primary N) is 1. The average molecular weight is 438 g/mol. The Labute approximate surface area is 152 Å². The van der Waals surface area contributed by atoms with Crippen molar-refractivity contribution in [2.24, 2.45) is 10.7 Å². The van der Waals surface area contributed by atoms with Gasteiger partial charge in [0.1, 0.15) is 0 Å². The Morgan fingerprint density at radius 3 is 2.67 bits per heavy atom.